The second kappa shape index (κ2) is 12.7. The molecule has 0 spiro atoms. The Kier molecular flexibility index (Phi) is 9.93. The SMILES string of the molecule is C#CNc1ccccc1C/C=C1\CC2=CC([C@@H](C=O)OC)=CC(COC)C(=O)N2C1.CC. The van der Waals surface area contributed by atoms with Gasteiger partial charge in [-0.25, -0.2) is 0 Å². The average molecular weight is 437 g/mol. The van der Waals surface area contributed by atoms with E-state index in [0.29, 0.717) is 25.0 Å². The highest BCUT2D eigenvalue weighted by atomic mass is 16.5. The lowest BCUT2D eigenvalue weighted by molar-refractivity contribution is -0.132. The molecule has 2 heterocycles. The molecule has 1 fully saturated rings. The van der Waals surface area contributed by atoms with E-state index < -0.39 is 12.0 Å². The first-order valence-corrected chi connectivity index (χ1v) is 10.8. The third-order valence-electron chi connectivity index (χ3n) is 5.31. The van der Waals surface area contributed by atoms with Crippen LogP contribution in [0.1, 0.15) is 25.8 Å². The maximum absolute atomic E-state index is 13.1. The van der Waals surface area contributed by atoms with Crippen LogP contribution in [-0.2, 0) is 25.5 Å². The van der Waals surface area contributed by atoms with Crippen molar-refractivity contribution in [1.82, 2.24) is 4.90 Å². The first kappa shape index (κ1) is 25.1. The highest BCUT2D eigenvalue weighted by molar-refractivity contribution is 5.85. The highest BCUT2D eigenvalue weighted by Gasteiger charge is 2.34. The van der Waals surface area contributed by atoms with Crippen molar-refractivity contribution in [3.8, 4) is 12.5 Å². The van der Waals surface area contributed by atoms with Gasteiger partial charge in [-0.1, -0.05) is 50.6 Å². The monoisotopic (exact) mass is 436 g/mol. The third kappa shape index (κ3) is 5.97. The maximum Gasteiger partial charge on any atom is 0.236 e. The lowest BCUT2D eigenvalue weighted by atomic mass is 10.0. The van der Waals surface area contributed by atoms with E-state index in [2.05, 4.69) is 17.4 Å². The van der Waals surface area contributed by atoms with E-state index in [1.165, 1.54) is 7.11 Å². The summed E-state index contributed by atoms with van der Waals surface area (Å²) < 4.78 is 10.5. The number of carbonyl (C=O) groups is 2. The van der Waals surface area contributed by atoms with Gasteiger partial charge in [0.1, 0.15) is 6.10 Å². The Balaban J connectivity index is 0.00000176. The first-order valence-electron chi connectivity index (χ1n) is 10.8. The van der Waals surface area contributed by atoms with Crippen LogP contribution in [0.25, 0.3) is 0 Å². The number of fused-ring (bicyclic) bond motifs is 1. The number of nitrogens with zero attached hydrogens (tertiary/aromatic N) is 1. The van der Waals surface area contributed by atoms with Crippen molar-refractivity contribution >= 4 is 17.9 Å². The zero-order valence-electron chi connectivity index (χ0n) is 19.3. The summed E-state index contributed by atoms with van der Waals surface area (Å²) in [6, 6.07) is 10.3. The van der Waals surface area contributed by atoms with Crippen LogP contribution in [0, 0.1) is 18.4 Å². The standard InChI is InChI=1S/C24H26N2O4.C2H6/c1-4-25-22-8-6-5-7-18(22)10-9-17-11-21-13-19(23(15-27)30-3)12-20(16-29-2)24(28)26(21)14-17;1-2/h1,5-9,12-13,15,20,23,25H,10-11,14,16H2,2-3H3;1-2H3/b17-9+;/t20?,23-;/m1./s1. The number of para-hydroxylation sites is 1. The van der Waals surface area contributed by atoms with Gasteiger partial charge in [0, 0.05) is 44.6 Å². The number of aldehydes is 1. The summed E-state index contributed by atoms with van der Waals surface area (Å²) in [5.74, 6) is -0.493. The summed E-state index contributed by atoms with van der Waals surface area (Å²) in [5.41, 5.74) is 4.69. The number of allylic oxidation sites excluding steroid dienone is 2. The maximum atomic E-state index is 13.1. The molecule has 1 aromatic rings. The van der Waals surface area contributed by atoms with Crippen LogP contribution in [0.15, 0.2) is 59.3 Å². The Morgan fingerprint density at radius 3 is 2.72 bits per heavy atom. The molecule has 0 aliphatic carbocycles. The molecule has 170 valence electrons. The summed E-state index contributed by atoms with van der Waals surface area (Å²) in [6.07, 6.45) is 12.6. The second-order valence-electron chi connectivity index (χ2n) is 7.25. The molecule has 1 amide bonds. The molecule has 1 unspecified atom stereocenters. The molecule has 3 rings (SSSR count). The molecule has 1 aromatic carbocycles. The van der Waals surface area contributed by atoms with Gasteiger partial charge in [0.05, 0.1) is 12.5 Å². The van der Waals surface area contributed by atoms with Crippen LogP contribution < -0.4 is 5.32 Å². The number of carbonyl (C=O) groups excluding carboxylic acids is 2. The largest absolute Gasteiger partial charge is 0.384 e. The van der Waals surface area contributed by atoms with Gasteiger partial charge >= 0.3 is 0 Å². The number of benzene rings is 1. The van der Waals surface area contributed by atoms with E-state index in [-0.39, 0.29) is 12.5 Å². The number of terminal acetylenes is 1. The zero-order chi connectivity index (χ0) is 23.5. The lowest BCUT2D eigenvalue weighted by Gasteiger charge is -2.20. The van der Waals surface area contributed by atoms with Crippen LogP contribution in [0.4, 0.5) is 5.69 Å². The highest BCUT2D eigenvalue weighted by Crippen LogP contribution is 2.33. The van der Waals surface area contributed by atoms with Crippen LogP contribution in [0.2, 0.25) is 0 Å². The number of rotatable bonds is 8. The van der Waals surface area contributed by atoms with E-state index in [1.54, 1.807) is 18.1 Å². The average Bonchev–Trinajstić information content (AvgIpc) is 3.17. The smallest absolute Gasteiger partial charge is 0.236 e. The van der Waals surface area contributed by atoms with Gasteiger partial charge in [-0.2, -0.15) is 0 Å². The number of nitrogens with one attached hydrogen (secondary N) is 1. The van der Waals surface area contributed by atoms with Gasteiger partial charge in [-0.3, -0.25) is 4.79 Å². The Bertz CT molecular complexity index is 939. The molecule has 0 saturated carbocycles. The van der Waals surface area contributed by atoms with Gasteiger partial charge in [-0.15, -0.1) is 0 Å². The van der Waals surface area contributed by atoms with Gasteiger partial charge in [0.15, 0.2) is 6.29 Å². The number of anilines is 1. The molecular weight excluding hydrogens is 404 g/mol. The minimum Gasteiger partial charge on any atom is -0.384 e. The molecule has 32 heavy (non-hydrogen) atoms. The van der Waals surface area contributed by atoms with Crippen molar-refractivity contribution in [2.75, 3.05) is 32.7 Å². The molecule has 6 nitrogen and oxygen atoms in total. The summed E-state index contributed by atoms with van der Waals surface area (Å²) in [7, 11) is 3.04. The molecule has 2 aliphatic rings. The quantitative estimate of drug-likeness (QED) is 0.291. The lowest BCUT2D eigenvalue weighted by Crippen LogP contribution is -2.33. The summed E-state index contributed by atoms with van der Waals surface area (Å²) in [4.78, 5) is 26.3. The van der Waals surface area contributed by atoms with Crippen molar-refractivity contribution in [1.29, 1.82) is 0 Å². The van der Waals surface area contributed by atoms with E-state index >= 15 is 0 Å². The van der Waals surface area contributed by atoms with Crippen LogP contribution in [0.5, 0.6) is 0 Å². The molecule has 1 N–H and O–H groups in total. The molecule has 0 aromatic heterocycles. The van der Waals surface area contributed by atoms with Gasteiger partial charge in [0.25, 0.3) is 0 Å². The molecule has 2 aliphatic heterocycles. The zero-order valence-corrected chi connectivity index (χ0v) is 19.3. The number of ether oxygens (including phenoxy) is 2. The normalized spacial score (nSPS) is 19.6. The predicted molar refractivity (Wildman–Crippen MR) is 127 cm³/mol. The van der Waals surface area contributed by atoms with Crippen molar-refractivity contribution < 1.29 is 19.1 Å². The third-order valence-corrected chi connectivity index (χ3v) is 5.31. The fourth-order valence-electron chi connectivity index (χ4n) is 3.82. The minimum absolute atomic E-state index is 0.0309. The fourth-order valence-corrected chi connectivity index (χ4v) is 3.82. The fraction of sp³-hybridized carbons (Fsp3) is 0.385. The topological polar surface area (TPSA) is 67.9 Å². The number of methoxy groups -OCH3 is 2. The van der Waals surface area contributed by atoms with E-state index in [9.17, 15) is 9.59 Å². The van der Waals surface area contributed by atoms with Crippen molar-refractivity contribution in [2.24, 2.45) is 5.92 Å². The van der Waals surface area contributed by atoms with Crippen molar-refractivity contribution in [2.45, 2.75) is 32.8 Å². The predicted octanol–water partition coefficient (Wildman–Crippen LogP) is 3.72. The molecule has 1 saturated heterocycles. The number of hydrogen-bond acceptors (Lipinski definition) is 5. The van der Waals surface area contributed by atoms with Crippen LogP contribution in [0.3, 0.4) is 0 Å². The van der Waals surface area contributed by atoms with Gasteiger partial charge in [0.2, 0.25) is 5.91 Å². The number of hydrogen-bond donors (Lipinski definition) is 1. The van der Waals surface area contributed by atoms with Gasteiger partial charge in [-0.05, 0) is 35.3 Å². The van der Waals surface area contributed by atoms with Crippen molar-refractivity contribution in [3.05, 3.63) is 64.9 Å². The second-order valence-corrected chi connectivity index (χ2v) is 7.25. The Hall–Kier alpha value is -3.14. The Morgan fingerprint density at radius 1 is 1.31 bits per heavy atom. The molecule has 0 bridgehead atoms. The van der Waals surface area contributed by atoms with E-state index in [4.69, 9.17) is 15.9 Å². The van der Waals surface area contributed by atoms with Gasteiger partial charge < -0.3 is 24.5 Å². The van der Waals surface area contributed by atoms with E-state index in [1.807, 2.05) is 44.2 Å². The summed E-state index contributed by atoms with van der Waals surface area (Å²) in [5, 5.41) is 2.92. The van der Waals surface area contributed by atoms with Crippen LogP contribution in [-0.4, -0.2) is 50.6 Å². The molecule has 2 atom stereocenters. The van der Waals surface area contributed by atoms with E-state index in [0.717, 1.165) is 28.8 Å². The Labute approximate surface area is 191 Å². The molecular formula is C26H32N2O4. The Morgan fingerprint density at radius 2 is 2.06 bits per heavy atom. The molecule has 6 heteroatoms. The summed E-state index contributed by atoms with van der Waals surface area (Å²) in [6.45, 7) is 4.77. The van der Waals surface area contributed by atoms with Crippen molar-refractivity contribution in [3.63, 3.8) is 0 Å². The molecule has 0 radical (unpaired) electrons. The first-order chi connectivity index (χ1) is 15.6. The number of amides is 1. The van der Waals surface area contributed by atoms with Crippen LogP contribution >= 0.6 is 0 Å². The minimum atomic E-state index is -0.709. The summed E-state index contributed by atoms with van der Waals surface area (Å²) >= 11 is 0.